The number of halogens is 3. The quantitative estimate of drug-likeness (QED) is 0.707. The van der Waals surface area contributed by atoms with E-state index in [1.165, 1.54) is 7.11 Å². The summed E-state index contributed by atoms with van der Waals surface area (Å²) in [6, 6.07) is 0.269. The Hall–Kier alpha value is -0.330. The Bertz CT molecular complexity index is 174. The molecule has 0 aliphatic heterocycles. The van der Waals surface area contributed by atoms with E-state index in [-0.39, 0.29) is 25.4 Å². The molecule has 0 fully saturated rings. The molecule has 98 valence electrons. The molecule has 3 nitrogen and oxygen atoms in total. The van der Waals surface area contributed by atoms with E-state index in [1.54, 1.807) is 0 Å². The van der Waals surface area contributed by atoms with Crippen LogP contribution in [0.2, 0.25) is 0 Å². The number of hydrogen-bond acceptors (Lipinski definition) is 3. The molecule has 0 heterocycles. The van der Waals surface area contributed by atoms with Crippen molar-refractivity contribution in [2.24, 2.45) is 0 Å². The summed E-state index contributed by atoms with van der Waals surface area (Å²) in [5.74, 6) is 0. The minimum atomic E-state index is -4.16. The van der Waals surface area contributed by atoms with Gasteiger partial charge < -0.3 is 14.8 Å². The first kappa shape index (κ1) is 15.7. The van der Waals surface area contributed by atoms with Crippen molar-refractivity contribution in [1.29, 1.82) is 0 Å². The first-order chi connectivity index (χ1) is 7.35. The van der Waals surface area contributed by atoms with Crippen LogP contribution >= 0.6 is 0 Å². The molecule has 0 aliphatic rings. The van der Waals surface area contributed by atoms with E-state index in [1.807, 2.05) is 13.8 Å². The molecule has 0 bridgehead atoms. The van der Waals surface area contributed by atoms with E-state index in [2.05, 4.69) is 5.32 Å². The molecule has 6 heteroatoms. The van der Waals surface area contributed by atoms with Crippen molar-refractivity contribution in [3.8, 4) is 0 Å². The van der Waals surface area contributed by atoms with Crippen LogP contribution in [0.5, 0.6) is 0 Å². The molecular formula is C10H20F3NO2. The van der Waals surface area contributed by atoms with Crippen LogP contribution in [0.25, 0.3) is 0 Å². The standard InChI is InChI=1S/C10H20F3NO2/c1-8(2)14-6-9(7-15-3)16-5-4-10(11,12)13/h8-9,14H,4-7H2,1-3H3. The molecule has 1 atom stereocenters. The van der Waals surface area contributed by atoms with Gasteiger partial charge in [-0.1, -0.05) is 13.8 Å². The largest absolute Gasteiger partial charge is 0.391 e. The highest BCUT2D eigenvalue weighted by Gasteiger charge is 2.27. The molecule has 0 rings (SSSR count). The molecule has 0 aliphatic carbocycles. The Labute approximate surface area is 94.3 Å². The van der Waals surface area contributed by atoms with Crippen LogP contribution in [0.4, 0.5) is 13.2 Å². The molecule has 0 spiro atoms. The average molecular weight is 243 g/mol. The molecule has 16 heavy (non-hydrogen) atoms. The van der Waals surface area contributed by atoms with Crippen molar-refractivity contribution < 1.29 is 22.6 Å². The van der Waals surface area contributed by atoms with Crippen LogP contribution in [-0.2, 0) is 9.47 Å². The highest BCUT2D eigenvalue weighted by atomic mass is 19.4. The molecule has 0 aromatic rings. The summed E-state index contributed by atoms with van der Waals surface area (Å²) in [6.45, 7) is 4.37. The number of alkyl halides is 3. The smallest absolute Gasteiger partial charge is 0.382 e. The number of hydrogen-bond donors (Lipinski definition) is 1. The summed E-state index contributed by atoms with van der Waals surface area (Å²) in [5, 5.41) is 3.09. The van der Waals surface area contributed by atoms with Crippen molar-refractivity contribution >= 4 is 0 Å². The van der Waals surface area contributed by atoms with Gasteiger partial charge in [-0.3, -0.25) is 0 Å². The molecule has 1 unspecified atom stereocenters. The third-order valence-electron chi connectivity index (χ3n) is 1.85. The van der Waals surface area contributed by atoms with Crippen LogP contribution in [0.1, 0.15) is 20.3 Å². The van der Waals surface area contributed by atoms with Gasteiger partial charge in [-0.25, -0.2) is 0 Å². The first-order valence-corrected chi connectivity index (χ1v) is 5.26. The number of ether oxygens (including phenoxy) is 2. The lowest BCUT2D eigenvalue weighted by Crippen LogP contribution is -2.36. The van der Waals surface area contributed by atoms with E-state index in [9.17, 15) is 13.2 Å². The normalized spacial score (nSPS) is 14.4. The second kappa shape index (κ2) is 7.86. The summed E-state index contributed by atoms with van der Waals surface area (Å²) in [5.41, 5.74) is 0. The van der Waals surface area contributed by atoms with Crippen LogP contribution in [0.15, 0.2) is 0 Å². The fourth-order valence-corrected chi connectivity index (χ4v) is 1.06. The van der Waals surface area contributed by atoms with Gasteiger partial charge in [-0.05, 0) is 0 Å². The molecule has 0 aromatic carbocycles. The maximum absolute atomic E-state index is 11.9. The van der Waals surface area contributed by atoms with Crippen molar-refractivity contribution in [3.63, 3.8) is 0 Å². The highest BCUT2D eigenvalue weighted by molar-refractivity contribution is 4.64. The third kappa shape index (κ3) is 10.2. The maximum Gasteiger partial charge on any atom is 0.391 e. The lowest BCUT2D eigenvalue weighted by molar-refractivity contribution is -0.150. The van der Waals surface area contributed by atoms with Gasteiger partial charge in [0, 0.05) is 19.7 Å². The van der Waals surface area contributed by atoms with E-state index >= 15 is 0 Å². The third-order valence-corrected chi connectivity index (χ3v) is 1.85. The van der Waals surface area contributed by atoms with Crippen LogP contribution in [-0.4, -0.2) is 45.2 Å². The van der Waals surface area contributed by atoms with Gasteiger partial charge in [0.05, 0.1) is 25.7 Å². The Balaban J connectivity index is 3.76. The molecule has 0 saturated carbocycles. The Morgan fingerprint density at radius 1 is 1.25 bits per heavy atom. The van der Waals surface area contributed by atoms with E-state index in [0.717, 1.165) is 0 Å². The van der Waals surface area contributed by atoms with Gasteiger partial charge in [0.15, 0.2) is 0 Å². The van der Waals surface area contributed by atoms with Crippen LogP contribution in [0.3, 0.4) is 0 Å². The molecule has 0 aromatic heterocycles. The van der Waals surface area contributed by atoms with Crippen molar-refractivity contribution in [1.82, 2.24) is 5.32 Å². The zero-order chi connectivity index (χ0) is 12.6. The lowest BCUT2D eigenvalue weighted by Gasteiger charge is -2.19. The summed E-state index contributed by atoms with van der Waals surface area (Å²) in [7, 11) is 1.50. The Kier molecular flexibility index (Phi) is 7.70. The minimum Gasteiger partial charge on any atom is -0.382 e. The van der Waals surface area contributed by atoms with Gasteiger partial charge in [0.1, 0.15) is 0 Å². The van der Waals surface area contributed by atoms with Crippen LogP contribution < -0.4 is 5.32 Å². The van der Waals surface area contributed by atoms with Gasteiger partial charge in [-0.15, -0.1) is 0 Å². The predicted octanol–water partition coefficient (Wildman–Crippen LogP) is 1.97. The van der Waals surface area contributed by atoms with Crippen molar-refractivity contribution in [2.45, 2.75) is 38.6 Å². The topological polar surface area (TPSA) is 30.5 Å². The first-order valence-electron chi connectivity index (χ1n) is 5.26. The summed E-state index contributed by atoms with van der Waals surface area (Å²) in [4.78, 5) is 0. The SMILES string of the molecule is COCC(CNC(C)C)OCCC(F)(F)F. The predicted molar refractivity (Wildman–Crippen MR) is 55.4 cm³/mol. The van der Waals surface area contributed by atoms with Gasteiger partial charge in [-0.2, -0.15) is 13.2 Å². The summed E-state index contributed by atoms with van der Waals surface area (Å²) >= 11 is 0. The summed E-state index contributed by atoms with van der Waals surface area (Å²) in [6.07, 6.45) is -5.42. The van der Waals surface area contributed by atoms with E-state index in [4.69, 9.17) is 9.47 Å². The summed E-state index contributed by atoms with van der Waals surface area (Å²) < 4.78 is 45.6. The van der Waals surface area contributed by atoms with E-state index < -0.39 is 12.6 Å². The number of rotatable bonds is 8. The zero-order valence-electron chi connectivity index (χ0n) is 9.93. The molecule has 0 amide bonds. The maximum atomic E-state index is 11.9. The fraction of sp³-hybridized carbons (Fsp3) is 1.00. The molecular weight excluding hydrogens is 223 g/mol. The Morgan fingerprint density at radius 3 is 2.31 bits per heavy atom. The van der Waals surface area contributed by atoms with Crippen LogP contribution in [0, 0.1) is 0 Å². The van der Waals surface area contributed by atoms with Crippen molar-refractivity contribution in [2.75, 3.05) is 26.9 Å². The van der Waals surface area contributed by atoms with E-state index in [0.29, 0.717) is 6.54 Å². The lowest BCUT2D eigenvalue weighted by atomic mass is 10.3. The van der Waals surface area contributed by atoms with Crippen molar-refractivity contribution in [3.05, 3.63) is 0 Å². The molecule has 0 saturated heterocycles. The van der Waals surface area contributed by atoms with Gasteiger partial charge in [0.2, 0.25) is 0 Å². The second-order valence-electron chi connectivity index (χ2n) is 3.88. The average Bonchev–Trinajstić information content (AvgIpc) is 2.12. The Morgan fingerprint density at radius 2 is 1.88 bits per heavy atom. The van der Waals surface area contributed by atoms with Gasteiger partial charge >= 0.3 is 6.18 Å². The fourth-order valence-electron chi connectivity index (χ4n) is 1.06. The highest BCUT2D eigenvalue weighted by Crippen LogP contribution is 2.19. The van der Waals surface area contributed by atoms with Gasteiger partial charge in [0.25, 0.3) is 0 Å². The molecule has 0 radical (unpaired) electrons. The number of nitrogens with one attached hydrogen (secondary N) is 1. The second-order valence-corrected chi connectivity index (χ2v) is 3.88. The molecule has 1 N–H and O–H groups in total. The monoisotopic (exact) mass is 243 g/mol. The number of methoxy groups -OCH3 is 1. The zero-order valence-corrected chi connectivity index (χ0v) is 9.93. The minimum absolute atomic E-state index is 0.269.